The Balaban J connectivity index is 3.42. The van der Waals surface area contributed by atoms with Crippen LogP contribution in [-0.2, 0) is 9.59 Å². The van der Waals surface area contributed by atoms with E-state index in [2.05, 4.69) is 5.32 Å². The van der Waals surface area contributed by atoms with Crippen molar-refractivity contribution in [2.45, 2.75) is 32.2 Å². The van der Waals surface area contributed by atoms with E-state index in [1.807, 2.05) is 6.92 Å². The zero-order chi connectivity index (χ0) is 10.3. The normalized spacial score (nSPS) is 12.2. The summed E-state index contributed by atoms with van der Waals surface area (Å²) in [6.07, 6.45) is 1.10. The average molecular weight is 188 g/mol. The third kappa shape index (κ3) is 6.10. The molecule has 0 saturated carbocycles. The maximum atomic E-state index is 11.0. The van der Waals surface area contributed by atoms with Gasteiger partial charge in [0.05, 0.1) is 6.04 Å². The topological polar surface area (TPSA) is 92.4 Å². The van der Waals surface area contributed by atoms with Crippen molar-refractivity contribution in [3.8, 4) is 0 Å². The molecule has 0 radical (unpaired) electrons. The molecule has 5 heteroatoms. The molecule has 0 saturated heterocycles. The molecule has 0 aromatic heterocycles. The van der Waals surface area contributed by atoms with Crippen LogP contribution in [0.2, 0.25) is 0 Å². The van der Waals surface area contributed by atoms with Gasteiger partial charge in [-0.3, -0.25) is 9.59 Å². The molecule has 0 heterocycles. The van der Waals surface area contributed by atoms with E-state index in [1.54, 1.807) is 0 Å². The molecule has 0 bridgehead atoms. The molecular weight excluding hydrogens is 172 g/mol. The number of amides is 1. The van der Waals surface area contributed by atoms with E-state index in [-0.39, 0.29) is 12.3 Å². The minimum Gasteiger partial charge on any atom is -0.481 e. The maximum absolute atomic E-state index is 11.0. The number of carboxylic acids is 1. The smallest absolute Gasteiger partial charge is 0.303 e. The van der Waals surface area contributed by atoms with Crippen LogP contribution in [0.25, 0.3) is 0 Å². The first kappa shape index (κ1) is 11.9. The van der Waals surface area contributed by atoms with Gasteiger partial charge in [0.1, 0.15) is 0 Å². The molecule has 0 rings (SSSR count). The van der Waals surface area contributed by atoms with Crippen LogP contribution in [-0.4, -0.2) is 29.6 Å². The highest BCUT2D eigenvalue weighted by atomic mass is 16.4. The van der Waals surface area contributed by atoms with Crippen molar-refractivity contribution in [1.82, 2.24) is 5.32 Å². The fraction of sp³-hybridized carbons (Fsp3) is 0.750. The van der Waals surface area contributed by atoms with Crippen LogP contribution in [0.5, 0.6) is 0 Å². The summed E-state index contributed by atoms with van der Waals surface area (Å²) in [4.78, 5) is 21.1. The van der Waals surface area contributed by atoms with Gasteiger partial charge in [-0.1, -0.05) is 6.92 Å². The third-order valence-electron chi connectivity index (χ3n) is 1.64. The molecule has 13 heavy (non-hydrogen) atoms. The van der Waals surface area contributed by atoms with Gasteiger partial charge in [0.15, 0.2) is 0 Å². The van der Waals surface area contributed by atoms with Crippen molar-refractivity contribution >= 4 is 11.9 Å². The van der Waals surface area contributed by atoms with Crippen molar-refractivity contribution < 1.29 is 14.7 Å². The molecule has 5 nitrogen and oxygen atoms in total. The molecule has 4 N–H and O–H groups in total. The monoisotopic (exact) mass is 188 g/mol. The molecule has 0 aliphatic carbocycles. The van der Waals surface area contributed by atoms with E-state index in [9.17, 15) is 9.59 Å². The fourth-order valence-electron chi connectivity index (χ4n) is 0.768. The van der Waals surface area contributed by atoms with Gasteiger partial charge in [0.25, 0.3) is 0 Å². The number of carbonyl (C=O) groups excluding carboxylic acids is 1. The van der Waals surface area contributed by atoms with Gasteiger partial charge >= 0.3 is 5.97 Å². The van der Waals surface area contributed by atoms with Crippen molar-refractivity contribution in [2.75, 3.05) is 6.54 Å². The molecule has 0 aromatic rings. The minimum atomic E-state index is -0.853. The predicted molar refractivity (Wildman–Crippen MR) is 48.1 cm³/mol. The quantitative estimate of drug-likeness (QED) is 0.499. The summed E-state index contributed by atoms with van der Waals surface area (Å²) in [5.74, 6) is -1.07. The van der Waals surface area contributed by atoms with Gasteiger partial charge in [0, 0.05) is 13.0 Å². The highest BCUT2D eigenvalue weighted by Crippen LogP contribution is 1.88. The van der Waals surface area contributed by atoms with Crippen LogP contribution in [0.4, 0.5) is 0 Å². The fourth-order valence-corrected chi connectivity index (χ4v) is 0.768. The highest BCUT2D eigenvalue weighted by Gasteiger charge is 2.09. The van der Waals surface area contributed by atoms with E-state index in [1.165, 1.54) is 0 Å². The summed E-state index contributed by atoms with van der Waals surface area (Å²) < 4.78 is 0. The summed E-state index contributed by atoms with van der Waals surface area (Å²) in [7, 11) is 0. The highest BCUT2D eigenvalue weighted by molar-refractivity contribution is 5.81. The van der Waals surface area contributed by atoms with E-state index < -0.39 is 12.0 Å². The predicted octanol–water partition coefficient (Wildman–Crippen LogP) is -0.295. The summed E-state index contributed by atoms with van der Waals surface area (Å²) >= 11 is 0. The van der Waals surface area contributed by atoms with Gasteiger partial charge in [-0.25, -0.2) is 0 Å². The van der Waals surface area contributed by atoms with Crippen LogP contribution >= 0.6 is 0 Å². The van der Waals surface area contributed by atoms with E-state index in [0.717, 1.165) is 0 Å². The Morgan fingerprint density at radius 1 is 1.54 bits per heavy atom. The molecule has 0 fully saturated rings. The van der Waals surface area contributed by atoms with Crippen molar-refractivity contribution in [2.24, 2.45) is 5.73 Å². The zero-order valence-corrected chi connectivity index (χ0v) is 7.75. The Hall–Kier alpha value is -1.10. The molecule has 0 spiro atoms. The number of nitrogens with two attached hydrogens (primary N) is 1. The Labute approximate surface area is 77.3 Å². The SMILES string of the molecule is CC[C@@H](N)C(=O)NCCCC(=O)O. The zero-order valence-electron chi connectivity index (χ0n) is 7.75. The lowest BCUT2D eigenvalue weighted by Gasteiger charge is -2.08. The Morgan fingerprint density at radius 3 is 2.62 bits per heavy atom. The molecule has 0 aromatic carbocycles. The van der Waals surface area contributed by atoms with Crippen LogP contribution < -0.4 is 11.1 Å². The Kier molecular flexibility index (Phi) is 5.88. The van der Waals surface area contributed by atoms with Gasteiger partial charge in [0.2, 0.25) is 5.91 Å². The molecule has 1 atom stereocenters. The lowest BCUT2D eigenvalue weighted by Crippen LogP contribution is -2.40. The molecule has 0 aliphatic rings. The number of carboxylic acid groups (broad SMARTS) is 1. The van der Waals surface area contributed by atoms with Crippen molar-refractivity contribution in [3.05, 3.63) is 0 Å². The van der Waals surface area contributed by atoms with Gasteiger partial charge in [-0.15, -0.1) is 0 Å². The number of hydrogen-bond acceptors (Lipinski definition) is 3. The second kappa shape index (κ2) is 6.42. The first-order valence-corrected chi connectivity index (χ1v) is 4.33. The number of rotatable bonds is 6. The third-order valence-corrected chi connectivity index (χ3v) is 1.64. The molecule has 76 valence electrons. The standard InChI is InChI=1S/C8H16N2O3/c1-2-6(9)8(13)10-5-3-4-7(11)12/h6H,2-5,9H2,1H3,(H,10,13)(H,11,12)/t6-/m1/s1. The van der Waals surface area contributed by atoms with Crippen LogP contribution in [0.15, 0.2) is 0 Å². The van der Waals surface area contributed by atoms with Crippen LogP contribution in [0.3, 0.4) is 0 Å². The summed E-state index contributed by atoms with van der Waals surface area (Å²) in [6.45, 7) is 2.19. The second-order valence-electron chi connectivity index (χ2n) is 2.80. The largest absolute Gasteiger partial charge is 0.481 e. The second-order valence-corrected chi connectivity index (χ2v) is 2.80. The number of carbonyl (C=O) groups is 2. The summed E-state index contributed by atoms with van der Waals surface area (Å²) in [5, 5.41) is 10.9. The lowest BCUT2D eigenvalue weighted by atomic mass is 10.2. The lowest BCUT2D eigenvalue weighted by molar-refractivity contribution is -0.137. The average Bonchev–Trinajstić information content (AvgIpc) is 2.10. The van der Waals surface area contributed by atoms with Gasteiger partial charge < -0.3 is 16.2 Å². The van der Waals surface area contributed by atoms with E-state index >= 15 is 0 Å². The van der Waals surface area contributed by atoms with Gasteiger partial charge in [-0.2, -0.15) is 0 Å². The van der Waals surface area contributed by atoms with E-state index in [0.29, 0.717) is 19.4 Å². The van der Waals surface area contributed by atoms with Crippen molar-refractivity contribution in [1.29, 1.82) is 0 Å². The molecular formula is C8H16N2O3. The Morgan fingerprint density at radius 2 is 2.15 bits per heavy atom. The first-order valence-electron chi connectivity index (χ1n) is 4.33. The van der Waals surface area contributed by atoms with Gasteiger partial charge in [-0.05, 0) is 12.8 Å². The van der Waals surface area contributed by atoms with Crippen molar-refractivity contribution in [3.63, 3.8) is 0 Å². The Bertz CT molecular complexity index is 182. The van der Waals surface area contributed by atoms with Crippen LogP contribution in [0.1, 0.15) is 26.2 Å². The first-order chi connectivity index (χ1) is 6.07. The molecule has 0 unspecified atom stereocenters. The van der Waals surface area contributed by atoms with E-state index in [4.69, 9.17) is 10.8 Å². The summed E-state index contributed by atoms with van der Waals surface area (Å²) in [5.41, 5.74) is 5.43. The molecule has 1 amide bonds. The summed E-state index contributed by atoms with van der Waals surface area (Å²) in [6, 6.07) is -0.482. The minimum absolute atomic E-state index is 0.0711. The number of aliphatic carboxylic acids is 1. The molecule has 0 aliphatic heterocycles. The maximum Gasteiger partial charge on any atom is 0.303 e. The van der Waals surface area contributed by atoms with Crippen LogP contribution in [0, 0.1) is 0 Å². The number of nitrogens with one attached hydrogen (secondary N) is 1. The number of hydrogen-bond donors (Lipinski definition) is 3.